The van der Waals surface area contributed by atoms with Crippen molar-refractivity contribution in [2.75, 3.05) is 13.2 Å². The number of carbonyl (C=O) groups excluding carboxylic acids is 3. The first-order valence-electron chi connectivity index (χ1n) is 24.8. The molecule has 0 aromatic heterocycles. The molecule has 3 atom stereocenters. The van der Waals surface area contributed by atoms with Gasteiger partial charge in [0.15, 0.2) is 6.10 Å². The zero-order chi connectivity index (χ0) is 41.2. The van der Waals surface area contributed by atoms with Crippen LogP contribution in [0.3, 0.4) is 0 Å². The summed E-state index contributed by atoms with van der Waals surface area (Å²) in [6.07, 6.45) is 42.1. The second-order valence-corrected chi connectivity index (χ2v) is 17.6. The molecule has 6 nitrogen and oxygen atoms in total. The Hall–Kier alpha value is -1.59. The smallest absolute Gasteiger partial charge is 0.306 e. The Kier molecular flexibility index (Phi) is 41.8. The number of ether oxygens (including phenoxy) is 3. The van der Waals surface area contributed by atoms with Crippen LogP contribution in [-0.4, -0.2) is 37.2 Å². The van der Waals surface area contributed by atoms with Crippen LogP contribution < -0.4 is 0 Å². The van der Waals surface area contributed by atoms with Gasteiger partial charge in [0.05, 0.1) is 0 Å². The molecule has 0 rings (SSSR count). The maximum atomic E-state index is 12.8. The van der Waals surface area contributed by atoms with Gasteiger partial charge < -0.3 is 14.2 Å². The fraction of sp³-hybridized carbons (Fsp3) is 0.940. The van der Waals surface area contributed by atoms with Gasteiger partial charge in [-0.1, -0.05) is 234 Å². The third-order valence-electron chi connectivity index (χ3n) is 11.9. The van der Waals surface area contributed by atoms with Crippen LogP contribution in [0.5, 0.6) is 0 Å². The van der Waals surface area contributed by atoms with E-state index in [4.69, 9.17) is 14.2 Å². The van der Waals surface area contributed by atoms with Gasteiger partial charge in [0.1, 0.15) is 13.2 Å². The zero-order valence-corrected chi connectivity index (χ0v) is 38.3. The predicted molar refractivity (Wildman–Crippen MR) is 238 cm³/mol. The molecule has 0 bridgehead atoms. The quantitative estimate of drug-likeness (QED) is 0.0347. The lowest BCUT2D eigenvalue weighted by Crippen LogP contribution is -2.30. The van der Waals surface area contributed by atoms with Crippen LogP contribution in [0.25, 0.3) is 0 Å². The summed E-state index contributed by atoms with van der Waals surface area (Å²) in [5.74, 6) is 0.862. The van der Waals surface area contributed by atoms with Crippen LogP contribution in [0.2, 0.25) is 0 Å². The van der Waals surface area contributed by atoms with Gasteiger partial charge in [0, 0.05) is 19.3 Å². The molecule has 56 heavy (non-hydrogen) atoms. The highest BCUT2D eigenvalue weighted by molar-refractivity contribution is 5.71. The molecule has 332 valence electrons. The summed E-state index contributed by atoms with van der Waals surface area (Å²) in [6.45, 7) is 11.4. The van der Waals surface area contributed by atoms with Crippen LogP contribution >= 0.6 is 0 Å². The molecule has 0 heterocycles. The van der Waals surface area contributed by atoms with Crippen LogP contribution in [0, 0.1) is 11.8 Å². The molecule has 0 aliphatic carbocycles. The van der Waals surface area contributed by atoms with Crippen molar-refractivity contribution in [2.24, 2.45) is 11.8 Å². The Morgan fingerprint density at radius 2 is 0.625 bits per heavy atom. The maximum absolute atomic E-state index is 12.8. The van der Waals surface area contributed by atoms with Crippen molar-refractivity contribution in [3.8, 4) is 0 Å². The van der Waals surface area contributed by atoms with E-state index in [1.807, 2.05) is 0 Å². The summed E-state index contributed by atoms with van der Waals surface area (Å²) < 4.78 is 16.8. The minimum atomic E-state index is -0.761. The van der Waals surface area contributed by atoms with Crippen LogP contribution in [0.1, 0.15) is 272 Å². The molecule has 0 amide bonds. The lowest BCUT2D eigenvalue weighted by molar-refractivity contribution is -0.167. The number of rotatable bonds is 44. The fourth-order valence-corrected chi connectivity index (χ4v) is 7.39. The molecule has 0 saturated carbocycles. The van der Waals surface area contributed by atoms with Crippen LogP contribution in [0.15, 0.2) is 0 Å². The number of hydrogen-bond acceptors (Lipinski definition) is 6. The largest absolute Gasteiger partial charge is 0.462 e. The van der Waals surface area contributed by atoms with E-state index in [1.54, 1.807) is 0 Å². The highest BCUT2D eigenvalue weighted by atomic mass is 16.6. The van der Waals surface area contributed by atoms with Gasteiger partial charge in [-0.15, -0.1) is 0 Å². The molecular weight excluding hydrogens is 697 g/mol. The number of carbonyl (C=O) groups is 3. The Morgan fingerprint density at radius 1 is 0.357 bits per heavy atom. The Labute approximate surface area is 348 Å². The van der Waals surface area contributed by atoms with Gasteiger partial charge in [0.25, 0.3) is 0 Å². The highest BCUT2D eigenvalue weighted by Crippen LogP contribution is 2.18. The Bertz CT molecular complexity index is 858. The molecule has 0 aliphatic rings. The average molecular weight is 793 g/mol. The van der Waals surface area contributed by atoms with Crippen molar-refractivity contribution in [3.63, 3.8) is 0 Å². The van der Waals surface area contributed by atoms with Crippen molar-refractivity contribution in [1.82, 2.24) is 0 Å². The maximum Gasteiger partial charge on any atom is 0.306 e. The molecule has 0 radical (unpaired) electrons. The van der Waals surface area contributed by atoms with Gasteiger partial charge in [-0.3, -0.25) is 14.4 Å². The van der Waals surface area contributed by atoms with Gasteiger partial charge in [-0.2, -0.15) is 0 Å². The van der Waals surface area contributed by atoms with E-state index >= 15 is 0 Å². The van der Waals surface area contributed by atoms with Gasteiger partial charge in [0.2, 0.25) is 0 Å². The Morgan fingerprint density at radius 3 is 0.929 bits per heavy atom. The monoisotopic (exact) mass is 793 g/mol. The summed E-state index contributed by atoms with van der Waals surface area (Å²) in [7, 11) is 0. The van der Waals surface area contributed by atoms with Crippen molar-refractivity contribution >= 4 is 17.9 Å². The van der Waals surface area contributed by atoms with E-state index in [2.05, 4.69) is 34.6 Å². The van der Waals surface area contributed by atoms with Crippen molar-refractivity contribution in [1.29, 1.82) is 0 Å². The standard InChI is InChI=1S/C50H96O6/c1-6-9-10-11-12-13-14-15-19-25-30-35-40-48(51)54-43-47(44-55-49(52)41-36-31-26-22-21-24-29-34-39-46(5)8-3)56-50(53)42-37-32-27-20-17-16-18-23-28-33-38-45(4)7-2/h45-47H,6-44H2,1-5H3/t45?,46?,47-/m1/s1. The number of esters is 3. The fourth-order valence-electron chi connectivity index (χ4n) is 7.39. The van der Waals surface area contributed by atoms with Crippen LogP contribution in [-0.2, 0) is 28.6 Å². The highest BCUT2D eigenvalue weighted by Gasteiger charge is 2.19. The van der Waals surface area contributed by atoms with E-state index < -0.39 is 6.10 Å². The third-order valence-corrected chi connectivity index (χ3v) is 11.9. The summed E-state index contributed by atoms with van der Waals surface area (Å²) in [5, 5.41) is 0. The molecule has 0 aromatic rings. The minimum Gasteiger partial charge on any atom is -0.462 e. The van der Waals surface area contributed by atoms with Crippen molar-refractivity contribution in [3.05, 3.63) is 0 Å². The van der Waals surface area contributed by atoms with E-state index in [0.717, 1.165) is 69.6 Å². The van der Waals surface area contributed by atoms with Gasteiger partial charge in [-0.25, -0.2) is 0 Å². The molecule has 0 saturated heterocycles. The molecule has 0 aliphatic heterocycles. The second-order valence-electron chi connectivity index (χ2n) is 17.6. The van der Waals surface area contributed by atoms with Crippen LogP contribution in [0.4, 0.5) is 0 Å². The zero-order valence-electron chi connectivity index (χ0n) is 38.3. The Balaban J connectivity index is 4.35. The molecule has 0 spiro atoms. The molecule has 0 aromatic carbocycles. The molecule has 0 fully saturated rings. The summed E-state index contributed by atoms with van der Waals surface area (Å²) in [5.41, 5.74) is 0. The number of hydrogen-bond donors (Lipinski definition) is 0. The van der Waals surface area contributed by atoms with Crippen molar-refractivity contribution < 1.29 is 28.6 Å². The number of unbranched alkanes of at least 4 members (excludes halogenated alkanes) is 27. The lowest BCUT2D eigenvalue weighted by atomic mass is 9.99. The van der Waals surface area contributed by atoms with E-state index in [9.17, 15) is 14.4 Å². The molecule has 0 N–H and O–H groups in total. The lowest BCUT2D eigenvalue weighted by Gasteiger charge is -2.18. The first-order chi connectivity index (χ1) is 27.3. The first kappa shape index (κ1) is 54.4. The van der Waals surface area contributed by atoms with E-state index in [-0.39, 0.29) is 31.1 Å². The normalized spacial score (nSPS) is 13.0. The van der Waals surface area contributed by atoms with E-state index in [1.165, 1.54) is 161 Å². The summed E-state index contributed by atoms with van der Waals surface area (Å²) in [6, 6.07) is 0. The van der Waals surface area contributed by atoms with Gasteiger partial charge >= 0.3 is 17.9 Å². The predicted octanol–water partition coefficient (Wildman–Crippen LogP) is 15.8. The molecular formula is C50H96O6. The topological polar surface area (TPSA) is 78.9 Å². The molecule has 2 unspecified atom stereocenters. The summed E-state index contributed by atoms with van der Waals surface area (Å²) in [4.78, 5) is 37.8. The SMILES string of the molecule is CCCCCCCCCCCCCCC(=O)OC[C@H](COC(=O)CCCCCCCCCCC(C)CC)OC(=O)CCCCCCCCCCCCC(C)CC. The van der Waals surface area contributed by atoms with Crippen molar-refractivity contribution in [2.45, 2.75) is 278 Å². The second kappa shape index (κ2) is 43.0. The average Bonchev–Trinajstić information content (AvgIpc) is 3.19. The first-order valence-corrected chi connectivity index (χ1v) is 24.8. The van der Waals surface area contributed by atoms with Gasteiger partial charge in [-0.05, 0) is 31.1 Å². The summed E-state index contributed by atoms with van der Waals surface area (Å²) >= 11 is 0. The third kappa shape index (κ3) is 40.6. The minimum absolute atomic E-state index is 0.0644. The van der Waals surface area contributed by atoms with E-state index in [0.29, 0.717) is 19.3 Å². The molecule has 6 heteroatoms.